The van der Waals surface area contributed by atoms with Crippen LogP contribution in [0.1, 0.15) is 55.8 Å². The first kappa shape index (κ1) is 17.8. The van der Waals surface area contributed by atoms with Crippen LogP contribution >= 0.6 is 11.6 Å². The number of hydrogen-bond acceptors (Lipinski definition) is 2. The highest BCUT2D eigenvalue weighted by atomic mass is 35.5. The molecule has 0 saturated heterocycles. The Hall–Kier alpha value is -1.55. The van der Waals surface area contributed by atoms with Gasteiger partial charge >= 0.3 is 0 Å². The van der Waals surface area contributed by atoms with Crippen LogP contribution in [0.25, 0.3) is 0 Å². The highest BCUT2D eigenvalue weighted by Crippen LogP contribution is 2.22. The molecule has 23 heavy (non-hydrogen) atoms. The number of nitrogens with one attached hydrogen (secondary N) is 1. The molecule has 2 rings (SSSR count). The first-order valence-electron chi connectivity index (χ1n) is 8.45. The summed E-state index contributed by atoms with van der Waals surface area (Å²) in [4.78, 5) is 26.4. The van der Waals surface area contributed by atoms with Crippen molar-refractivity contribution >= 4 is 23.4 Å². The van der Waals surface area contributed by atoms with E-state index in [0.29, 0.717) is 29.6 Å². The van der Waals surface area contributed by atoms with Crippen molar-refractivity contribution in [3.05, 3.63) is 34.9 Å². The quantitative estimate of drug-likeness (QED) is 0.862. The Balaban J connectivity index is 1.78. The number of amides is 2. The van der Waals surface area contributed by atoms with E-state index in [4.69, 9.17) is 11.6 Å². The minimum Gasteiger partial charge on any atom is -0.352 e. The van der Waals surface area contributed by atoms with E-state index in [-0.39, 0.29) is 11.8 Å². The molecule has 1 aromatic carbocycles. The Morgan fingerprint density at radius 1 is 1.17 bits per heavy atom. The van der Waals surface area contributed by atoms with Crippen LogP contribution < -0.4 is 5.32 Å². The van der Waals surface area contributed by atoms with Crippen LogP contribution in [0, 0.1) is 0 Å². The van der Waals surface area contributed by atoms with Gasteiger partial charge in [-0.25, -0.2) is 0 Å². The Morgan fingerprint density at radius 2 is 1.83 bits per heavy atom. The first-order chi connectivity index (χ1) is 11.1. The monoisotopic (exact) mass is 336 g/mol. The molecule has 0 radical (unpaired) electrons. The summed E-state index contributed by atoms with van der Waals surface area (Å²) in [6.45, 7) is 3.14. The molecule has 126 valence electrons. The molecular weight excluding hydrogens is 312 g/mol. The van der Waals surface area contributed by atoms with Crippen LogP contribution in [-0.4, -0.2) is 35.8 Å². The Morgan fingerprint density at radius 3 is 2.43 bits per heavy atom. The van der Waals surface area contributed by atoms with Crippen LogP contribution in [0.4, 0.5) is 0 Å². The SMILES string of the molecule is CCN(C(=O)CCNC(=O)c1ccc(Cl)cc1)C1CCCCC1. The molecule has 4 nitrogen and oxygen atoms in total. The van der Waals surface area contributed by atoms with Crippen LogP contribution in [0.15, 0.2) is 24.3 Å². The van der Waals surface area contributed by atoms with E-state index in [1.54, 1.807) is 24.3 Å². The van der Waals surface area contributed by atoms with Crippen molar-refractivity contribution in [3.63, 3.8) is 0 Å². The van der Waals surface area contributed by atoms with Gasteiger partial charge in [0.25, 0.3) is 5.91 Å². The average molecular weight is 337 g/mol. The zero-order valence-electron chi connectivity index (χ0n) is 13.7. The van der Waals surface area contributed by atoms with Gasteiger partial charge in [-0.2, -0.15) is 0 Å². The van der Waals surface area contributed by atoms with Gasteiger partial charge in [-0.1, -0.05) is 30.9 Å². The predicted molar refractivity (Wildman–Crippen MR) is 92.7 cm³/mol. The lowest BCUT2D eigenvalue weighted by molar-refractivity contribution is -0.133. The number of halogens is 1. The summed E-state index contributed by atoms with van der Waals surface area (Å²) in [5.74, 6) is -0.0361. The van der Waals surface area contributed by atoms with E-state index in [9.17, 15) is 9.59 Å². The van der Waals surface area contributed by atoms with Gasteiger partial charge in [-0.05, 0) is 44.0 Å². The van der Waals surface area contributed by atoms with Crippen molar-refractivity contribution < 1.29 is 9.59 Å². The molecule has 1 fully saturated rings. The molecule has 1 saturated carbocycles. The largest absolute Gasteiger partial charge is 0.352 e. The lowest BCUT2D eigenvalue weighted by Gasteiger charge is -2.33. The topological polar surface area (TPSA) is 49.4 Å². The van der Waals surface area contributed by atoms with Crippen molar-refractivity contribution in [2.45, 2.75) is 51.5 Å². The minimum atomic E-state index is -0.171. The predicted octanol–water partition coefficient (Wildman–Crippen LogP) is 3.64. The van der Waals surface area contributed by atoms with E-state index < -0.39 is 0 Å². The molecule has 0 spiro atoms. The van der Waals surface area contributed by atoms with Crippen molar-refractivity contribution in [1.82, 2.24) is 10.2 Å². The molecule has 1 aliphatic rings. The number of nitrogens with zero attached hydrogens (tertiary/aromatic N) is 1. The maximum Gasteiger partial charge on any atom is 0.251 e. The van der Waals surface area contributed by atoms with E-state index in [0.717, 1.165) is 19.4 Å². The molecule has 2 amide bonds. The van der Waals surface area contributed by atoms with Crippen molar-refractivity contribution in [2.75, 3.05) is 13.1 Å². The molecule has 0 unspecified atom stereocenters. The van der Waals surface area contributed by atoms with E-state index in [1.165, 1.54) is 19.3 Å². The van der Waals surface area contributed by atoms with Gasteiger partial charge in [0.1, 0.15) is 0 Å². The normalized spacial score (nSPS) is 15.2. The van der Waals surface area contributed by atoms with Crippen molar-refractivity contribution in [2.24, 2.45) is 0 Å². The van der Waals surface area contributed by atoms with Gasteiger partial charge in [-0.3, -0.25) is 9.59 Å². The van der Waals surface area contributed by atoms with Crippen LogP contribution in [0.3, 0.4) is 0 Å². The molecule has 5 heteroatoms. The second kappa shape index (κ2) is 8.92. The second-order valence-electron chi connectivity index (χ2n) is 5.98. The molecule has 1 aromatic rings. The fourth-order valence-electron chi connectivity index (χ4n) is 3.16. The molecule has 0 aliphatic heterocycles. The zero-order valence-corrected chi connectivity index (χ0v) is 14.4. The fourth-order valence-corrected chi connectivity index (χ4v) is 3.29. The Kier molecular flexibility index (Phi) is 6.90. The summed E-state index contributed by atoms with van der Waals surface area (Å²) < 4.78 is 0. The number of carbonyl (C=O) groups is 2. The third kappa shape index (κ3) is 5.24. The molecule has 0 bridgehead atoms. The smallest absolute Gasteiger partial charge is 0.251 e. The van der Waals surface area contributed by atoms with Gasteiger partial charge in [0, 0.05) is 36.1 Å². The Labute approximate surface area is 143 Å². The number of hydrogen-bond donors (Lipinski definition) is 1. The maximum absolute atomic E-state index is 12.4. The summed E-state index contributed by atoms with van der Waals surface area (Å²) in [6.07, 6.45) is 6.26. The van der Waals surface area contributed by atoms with Gasteiger partial charge in [0.2, 0.25) is 5.91 Å². The fraction of sp³-hybridized carbons (Fsp3) is 0.556. The van der Waals surface area contributed by atoms with Crippen molar-refractivity contribution in [1.29, 1.82) is 0 Å². The lowest BCUT2D eigenvalue weighted by Crippen LogP contribution is -2.42. The standard InChI is InChI=1S/C18H25ClN2O2/c1-2-21(16-6-4-3-5-7-16)17(22)12-13-20-18(23)14-8-10-15(19)11-9-14/h8-11,16H,2-7,12-13H2,1H3,(H,20,23). The molecule has 0 aromatic heterocycles. The van der Waals surface area contributed by atoms with Gasteiger partial charge in [-0.15, -0.1) is 0 Å². The van der Waals surface area contributed by atoms with Crippen LogP contribution in [0.5, 0.6) is 0 Å². The molecular formula is C18H25ClN2O2. The summed E-state index contributed by atoms with van der Waals surface area (Å²) in [7, 11) is 0. The average Bonchev–Trinajstić information content (AvgIpc) is 2.57. The highest BCUT2D eigenvalue weighted by Gasteiger charge is 2.23. The zero-order chi connectivity index (χ0) is 16.7. The maximum atomic E-state index is 12.4. The third-order valence-electron chi connectivity index (χ3n) is 4.41. The summed E-state index contributed by atoms with van der Waals surface area (Å²) >= 11 is 5.80. The van der Waals surface area contributed by atoms with Crippen LogP contribution in [-0.2, 0) is 4.79 Å². The third-order valence-corrected chi connectivity index (χ3v) is 4.66. The Bertz CT molecular complexity index is 524. The number of benzene rings is 1. The van der Waals surface area contributed by atoms with Gasteiger partial charge in [0.05, 0.1) is 0 Å². The van der Waals surface area contributed by atoms with Gasteiger partial charge < -0.3 is 10.2 Å². The highest BCUT2D eigenvalue weighted by molar-refractivity contribution is 6.30. The van der Waals surface area contributed by atoms with E-state index >= 15 is 0 Å². The number of rotatable bonds is 6. The molecule has 0 atom stereocenters. The number of carbonyl (C=O) groups excluding carboxylic acids is 2. The van der Waals surface area contributed by atoms with Crippen LogP contribution in [0.2, 0.25) is 5.02 Å². The second-order valence-corrected chi connectivity index (χ2v) is 6.42. The van der Waals surface area contributed by atoms with Crippen molar-refractivity contribution in [3.8, 4) is 0 Å². The molecule has 1 aliphatic carbocycles. The molecule has 0 heterocycles. The van der Waals surface area contributed by atoms with E-state index in [2.05, 4.69) is 5.32 Å². The summed E-state index contributed by atoms with van der Waals surface area (Å²) in [5.41, 5.74) is 0.557. The summed E-state index contributed by atoms with van der Waals surface area (Å²) in [6, 6.07) is 7.11. The van der Waals surface area contributed by atoms with Gasteiger partial charge in [0.15, 0.2) is 0 Å². The molecule has 1 N–H and O–H groups in total. The summed E-state index contributed by atoms with van der Waals surface area (Å²) in [5, 5.41) is 3.40. The van der Waals surface area contributed by atoms with E-state index in [1.807, 2.05) is 11.8 Å². The minimum absolute atomic E-state index is 0.135. The first-order valence-corrected chi connectivity index (χ1v) is 8.83. The lowest BCUT2D eigenvalue weighted by atomic mass is 9.94.